The van der Waals surface area contributed by atoms with Crippen LogP contribution in [0.15, 0.2) is 47.2 Å². The number of esters is 1. The molecule has 0 spiro atoms. The Morgan fingerprint density at radius 2 is 1.74 bits per heavy atom. The van der Waals surface area contributed by atoms with Gasteiger partial charge < -0.3 is 26.7 Å². The number of fused-ring (bicyclic) bond motifs is 2. The molecule has 27 heavy (non-hydrogen) atoms. The van der Waals surface area contributed by atoms with Gasteiger partial charge in [-0.2, -0.15) is 0 Å². The third kappa shape index (κ3) is 3.37. The number of likely N-dealkylation sites (N-methyl/N-ethyl adjacent to an activating group) is 1. The van der Waals surface area contributed by atoms with E-state index in [1.807, 2.05) is 22.9 Å². The maximum absolute atomic E-state index is 13.1. The smallest absolute Gasteiger partial charge is 0.349 e. The molecule has 4 heterocycles. The maximum atomic E-state index is 13.1. The second-order valence-electron chi connectivity index (χ2n) is 7.15. The number of quaternary nitrogens is 1. The molecular weight excluding hydrogens is 425 g/mol. The Hall–Kier alpha value is -0.890. The monoisotopic (exact) mass is 445 g/mol. The first-order valence-corrected chi connectivity index (χ1v) is 10.9. The average molecular weight is 446 g/mol. The maximum Gasteiger partial charge on any atom is 0.349 e. The molecule has 4 nitrogen and oxygen atoms in total. The minimum atomic E-state index is -1.74. The van der Waals surface area contributed by atoms with Crippen LogP contribution in [0.25, 0.3) is 0 Å². The molecule has 2 aliphatic heterocycles. The molecule has 1 fully saturated rings. The molecule has 2 unspecified atom stereocenters. The third-order valence-electron chi connectivity index (χ3n) is 5.66. The van der Waals surface area contributed by atoms with E-state index >= 15 is 0 Å². The minimum Gasteiger partial charge on any atom is -1.00 e. The molecule has 0 saturated carbocycles. The average Bonchev–Trinajstić information content (AvgIpc) is 3.37. The summed E-state index contributed by atoms with van der Waals surface area (Å²) < 4.78 is 6.61. The number of carbonyl (C=O) groups is 1. The van der Waals surface area contributed by atoms with Crippen LogP contribution in [-0.4, -0.2) is 46.8 Å². The summed E-state index contributed by atoms with van der Waals surface area (Å²) >= 11 is 8.92. The van der Waals surface area contributed by atoms with E-state index in [2.05, 4.69) is 19.2 Å². The lowest BCUT2D eigenvalue weighted by Gasteiger charge is -2.45. The number of ether oxygens (including phenoxy) is 1. The molecule has 8 heteroatoms. The van der Waals surface area contributed by atoms with Crippen molar-refractivity contribution in [2.45, 2.75) is 36.6 Å². The molecule has 0 aliphatic carbocycles. The van der Waals surface area contributed by atoms with E-state index in [9.17, 15) is 9.90 Å². The first-order valence-electron chi connectivity index (χ1n) is 8.59. The van der Waals surface area contributed by atoms with Crippen molar-refractivity contribution >= 4 is 40.2 Å². The highest BCUT2D eigenvalue weighted by molar-refractivity contribution is 7.12. The number of hydrogen-bond acceptors (Lipinski definition) is 5. The Morgan fingerprint density at radius 3 is 2.15 bits per heavy atom. The highest BCUT2D eigenvalue weighted by atomic mass is 35.5. The molecule has 4 atom stereocenters. The van der Waals surface area contributed by atoms with Crippen molar-refractivity contribution in [3.8, 4) is 0 Å². The number of carbonyl (C=O) groups excluding carboxylic acids is 1. The molecule has 2 aromatic heterocycles. The largest absolute Gasteiger partial charge is 1.00 e. The van der Waals surface area contributed by atoms with Crippen LogP contribution in [-0.2, 0) is 15.1 Å². The Balaban J connectivity index is 0.00000210. The van der Waals surface area contributed by atoms with Gasteiger partial charge in [0.15, 0.2) is 6.00 Å². The van der Waals surface area contributed by atoms with Gasteiger partial charge in [0, 0.05) is 12.8 Å². The number of piperidine rings is 1. The van der Waals surface area contributed by atoms with Gasteiger partial charge in [0.1, 0.15) is 18.2 Å². The number of aliphatic hydroxyl groups is 1. The van der Waals surface area contributed by atoms with Gasteiger partial charge in [-0.3, -0.25) is 0 Å². The predicted molar refractivity (Wildman–Crippen MR) is 104 cm³/mol. The molecule has 1 N–H and O–H groups in total. The van der Waals surface area contributed by atoms with E-state index in [1.54, 1.807) is 12.1 Å². The van der Waals surface area contributed by atoms with E-state index < -0.39 is 11.6 Å². The minimum absolute atomic E-state index is 0. The molecule has 4 rings (SSSR count). The highest BCUT2D eigenvalue weighted by Gasteiger charge is 2.51. The van der Waals surface area contributed by atoms with Crippen molar-refractivity contribution in [1.82, 2.24) is 0 Å². The predicted octanol–water partition coefficient (Wildman–Crippen LogP) is 0.705. The topological polar surface area (TPSA) is 46.5 Å². The zero-order valence-corrected chi connectivity index (χ0v) is 17.9. The molecule has 0 radical (unpaired) electrons. The standard InChI is InChI=1S/C19H21ClNO3S2.ClH/c1-21(12-20)13-6-7-14(21)11-15(10-13)24-18(22)19(23,16-4-2-8-25-16)17-5-3-9-26-17;/h2-9,13-15,23H,10-12H2,1H3;1H/q+1;/p-1/t13-,14+,15?,21?;. The molecule has 0 amide bonds. The van der Waals surface area contributed by atoms with E-state index in [1.165, 1.54) is 22.7 Å². The summed E-state index contributed by atoms with van der Waals surface area (Å²) in [6.45, 7) is 0. The van der Waals surface area contributed by atoms with E-state index in [0.717, 1.165) is 17.3 Å². The van der Waals surface area contributed by atoms with Gasteiger partial charge in [0.05, 0.1) is 16.8 Å². The van der Waals surface area contributed by atoms with Crippen molar-refractivity contribution in [2.24, 2.45) is 0 Å². The van der Waals surface area contributed by atoms with E-state index in [-0.39, 0.29) is 30.6 Å². The molecule has 2 aliphatic rings. The van der Waals surface area contributed by atoms with Crippen LogP contribution in [0.1, 0.15) is 22.6 Å². The van der Waals surface area contributed by atoms with Crippen LogP contribution < -0.4 is 12.4 Å². The van der Waals surface area contributed by atoms with E-state index in [4.69, 9.17) is 16.3 Å². The molecule has 1 saturated heterocycles. The molecule has 0 aromatic carbocycles. The fourth-order valence-electron chi connectivity index (χ4n) is 3.97. The number of nitrogens with zero attached hydrogens (tertiary/aromatic N) is 1. The van der Waals surface area contributed by atoms with Gasteiger partial charge in [0.2, 0.25) is 5.60 Å². The van der Waals surface area contributed by atoms with Crippen LogP contribution in [0.4, 0.5) is 0 Å². The van der Waals surface area contributed by atoms with Crippen LogP contribution in [0.5, 0.6) is 0 Å². The van der Waals surface area contributed by atoms with Gasteiger partial charge in [-0.15, -0.1) is 22.7 Å². The summed E-state index contributed by atoms with van der Waals surface area (Å²) in [5.74, 6) is -0.589. The summed E-state index contributed by atoms with van der Waals surface area (Å²) in [6, 6.07) is 8.26. The van der Waals surface area contributed by atoms with Gasteiger partial charge in [-0.05, 0) is 35.0 Å². The van der Waals surface area contributed by atoms with Crippen LogP contribution in [0.2, 0.25) is 0 Å². The Bertz CT molecular complexity index is 757. The number of thiophene rings is 2. The molecule has 146 valence electrons. The summed E-state index contributed by atoms with van der Waals surface area (Å²) in [4.78, 5) is 14.3. The third-order valence-corrected chi connectivity index (χ3v) is 8.13. The van der Waals surface area contributed by atoms with E-state index in [0.29, 0.717) is 15.8 Å². The lowest BCUT2D eigenvalue weighted by molar-refractivity contribution is -0.934. The molecular formula is C19H21Cl2NO3S2. The highest BCUT2D eigenvalue weighted by Crippen LogP contribution is 2.41. The van der Waals surface area contributed by atoms with Gasteiger partial charge in [0.25, 0.3) is 0 Å². The van der Waals surface area contributed by atoms with Crippen molar-refractivity contribution < 1.29 is 31.5 Å². The SMILES string of the molecule is C[N+]1(CCl)[C@@H]2C=C[C@H]1CC(OC(=O)C(O)(c1cccs1)c1cccs1)C2.[Cl-]. The Kier molecular flexibility index (Phi) is 6.06. The second-order valence-corrected chi connectivity index (χ2v) is 9.28. The van der Waals surface area contributed by atoms with Crippen molar-refractivity contribution in [3.05, 3.63) is 56.9 Å². The van der Waals surface area contributed by atoms with Crippen molar-refractivity contribution in [1.29, 1.82) is 0 Å². The Morgan fingerprint density at radius 1 is 1.22 bits per heavy atom. The fourth-order valence-corrected chi connectivity index (χ4v) is 6.04. The fraction of sp³-hybridized carbons (Fsp3) is 0.421. The molecule has 2 bridgehead atoms. The van der Waals surface area contributed by atoms with Crippen molar-refractivity contribution in [2.75, 3.05) is 13.1 Å². The summed E-state index contributed by atoms with van der Waals surface area (Å²) in [7, 11) is 2.15. The molecule has 2 aromatic rings. The van der Waals surface area contributed by atoms with Gasteiger partial charge in [-0.25, -0.2) is 4.79 Å². The number of rotatable bonds is 5. The van der Waals surface area contributed by atoms with Crippen LogP contribution >= 0.6 is 34.3 Å². The Labute approximate surface area is 178 Å². The van der Waals surface area contributed by atoms with Crippen molar-refractivity contribution in [3.63, 3.8) is 0 Å². The number of alkyl halides is 1. The van der Waals surface area contributed by atoms with Crippen LogP contribution in [0.3, 0.4) is 0 Å². The van der Waals surface area contributed by atoms with Crippen LogP contribution in [0, 0.1) is 0 Å². The van der Waals surface area contributed by atoms with Gasteiger partial charge >= 0.3 is 5.97 Å². The second kappa shape index (κ2) is 7.85. The summed E-state index contributed by atoms with van der Waals surface area (Å²) in [6.07, 6.45) is 5.62. The lowest BCUT2D eigenvalue weighted by atomic mass is 9.95. The lowest BCUT2D eigenvalue weighted by Crippen LogP contribution is -3.00. The normalized spacial score (nSPS) is 29.4. The summed E-state index contributed by atoms with van der Waals surface area (Å²) in [5, 5.41) is 15.0. The zero-order valence-electron chi connectivity index (χ0n) is 14.8. The van der Waals surface area contributed by atoms with Gasteiger partial charge in [-0.1, -0.05) is 23.7 Å². The number of hydrogen-bond donors (Lipinski definition) is 1. The summed E-state index contributed by atoms with van der Waals surface area (Å²) in [5.41, 5.74) is -1.74. The quantitative estimate of drug-likeness (QED) is 0.242. The number of halogens is 2. The zero-order chi connectivity index (χ0) is 18.4. The first kappa shape index (κ1) is 20.8. The first-order chi connectivity index (χ1) is 12.5.